The molecule has 0 aliphatic carbocycles. The summed E-state index contributed by atoms with van der Waals surface area (Å²) in [5.74, 6) is -4.02. The van der Waals surface area contributed by atoms with E-state index in [9.17, 15) is 13.2 Å². The number of benzene rings is 1. The van der Waals surface area contributed by atoms with Gasteiger partial charge >= 0.3 is 0 Å². The van der Waals surface area contributed by atoms with Gasteiger partial charge in [-0.15, -0.1) is 0 Å². The summed E-state index contributed by atoms with van der Waals surface area (Å²) in [7, 11) is 0. The maximum Gasteiger partial charge on any atom is 0.196 e. The predicted molar refractivity (Wildman–Crippen MR) is 46.5 cm³/mol. The molecule has 1 aromatic rings. The second-order valence-electron chi connectivity index (χ2n) is 2.95. The van der Waals surface area contributed by atoms with E-state index in [1.54, 1.807) is 0 Å². The van der Waals surface area contributed by atoms with E-state index in [0.717, 1.165) is 12.1 Å². The van der Waals surface area contributed by atoms with Gasteiger partial charge in [0, 0.05) is 6.54 Å². The van der Waals surface area contributed by atoms with Crippen LogP contribution in [0.4, 0.5) is 18.9 Å². The van der Waals surface area contributed by atoms with E-state index in [4.69, 9.17) is 5.11 Å². The summed E-state index contributed by atoms with van der Waals surface area (Å²) in [4.78, 5) is 0. The van der Waals surface area contributed by atoms with E-state index < -0.39 is 23.6 Å². The summed E-state index contributed by atoms with van der Waals surface area (Å²) in [6, 6.07) is 1.90. The third-order valence-corrected chi connectivity index (χ3v) is 1.62. The van der Waals surface area contributed by atoms with E-state index in [2.05, 4.69) is 5.32 Å². The van der Waals surface area contributed by atoms with Crippen LogP contribution < -0.4 is 5.32 Å². The van der Waals surface area contributed by atoms with Crippen LogP contribution in [0.3, 0.4) is 0 Å². The Morgan fingerprint density at radius 2 is 1.93 bits per heavy atom. The standard InChI is InChI=1S/C9H10F3NO/c1-5(14)4-13-7-3-2-6(10)8(11)9(7)12/h2-3,5,13-14H,4H2,1H3/t5-/m1/s1. The lowest BCUT2D eigenvalue weighted by Crippen LogP contribution is -2.16. The molecule has 0 saturated carbocycles. The van der Waals surface area contributed by atoms with Crippen molar-refractivity contribution in [3.8, 4) is 0 Å². The van der Waals surface area contributed by atoms with Gasteiger partial charge in [0.15, 0.2) is 17.5 Å². The highest BCUT2D eigenvalue weighted by Gasteiger charge is 2.12. The van der Waals surface area contributed by atoms with Crippen LogP contribution in [0.5, 0.6) is 0 Å². The van der Waals surface area contributed by atoms with E-state index in [-0.39, 0.29) is 12.2 Å². The summed E-state index contributed by atoms with van der Waals surface area (Å²) >= 11 is 0. The second kappa shape index (κ2) is 4.32. The topological polar surface area (TPSA) is 32.3 Å². The molecule has 0 saturated heterocycles. The molecule has 0 aliphatic rings. The third kappa shape index (κ3) is 2.38. The van der Waals surface area contributed by atoms with Crippen molar-refractivity contribution in [2.45, 2.75) is 13.0 Å². The van der Waals surface area contributed by atoms with Crippen LogP contribution in [-0.2, 0) is 0 Å². The Balaban J connectivity index is 2.83. The van der Waals surface area contributed by atoms with Crippen molar-refractivity contribution in [1.29, 1.82) is 0 Å². The van der Waals surface area contributed by atoms with Crippen LogP contribution in [0.25, 0.3) is 0 Å². The first-order chi connectivity index (χ1) is 6.52. The highest BCUT2D eigenvalue weighted by atomic mass is 19.2. The molecule has 5 heteroatoms. The molecule has 0 unspecified atom stereocenters. The van der Waals surface area contributed by atoms with E-state index >= 15 is 0 Å². The van der Waals surface area contributed by atoms with Crippen molar-refractivity contribution in [2.24, 2.45) is 0 Å². The molecule has 0 aliphatic heterocycles. The van der Waals surface area contributed by atoms with Crippen molar-refractivity contribution in [3.05, 3.63) is 29.6 Å². The van der Waals surface area contributed by atoms with Crippen LogP contribution in [-0.4, -0.2) is 17.8 Å². The van der Waals surface area contributed by atoms with Gasteiger partial charge in [0.1, 0.15) is 0 Å². The average Bonchev–Trinajstić information content (AvgIpc) is 2.13. The number of aliphatic hydroxyl groups is 1. The number of aliphatic hydroxyl groups excluding tert-OH is 1. The lowest BCUT2D eigenvalue weighted by atomic mass is 10.2. The summed E-state index contributed by atoms with van der Waals surface area (Å²) in [5.41, 5.74) is -0.162. The molecule has 0 amide bonds. The number of nitrogens with one attached hydrogen (secondary N) is 1. The molecule has 1 rings (SSSR count). The van der Waals surface area contributed by atoms with Gasteiger partial charge in [-0.2, -0.15) is 0 Å². The lowest BCUT2D eigenvalue weighted by molar-refractivity contribution is 0.208. The molecule has 1 aromatic carbocycles. The maximum atomic E-state index is 13.0. The Morgan fingerprint density at radius 1 is 1.29 bits per heavy atom. The molecule has 0 bridgehead atoms. The molecular formula is C9H10F3NO. The van der Waals surface area contributed by atoms with Crippen molar-refractivity contribution in [1.82, 2.24) is 0 Å². The smallest absolute Gasteiger partial charge is 0.196 e. The Kier molecular flexibility index (Phi) is 3.35. The molecule has 2 nitrogen and oxygen atoms in total. The first kappa shape index (κ1) is 10.8. The van der Waals surface area contributed by atoms with Crippen molar-refractivity contribution >= 4 is 5.69 Å². The van der Waals surface area contributed by atoms with Gasteiger partial charge in [0.05, 0.1) is 11.8 Å². The van der Waals surface area contributed by atoms with Crippen LogP contribution in [0.15, 0.2) is 12.1 Å². The fourth-order valence-corrected chi connectivity index (χ4v) is 0.920. The Bertz CT molecular complexity index is 328. The van der Waals surface area contributed by atoms with Gasteiger partial charge in [-0.3, -0.25) is 0 Å². The molecule has 0 spiro atoms. The zero-order valence-electron chi connectivity index (χ0n) is 7.52. The molecule has 0 heterocycles. The summed E-state index contributed by atoms with van der Waals surface area (Å²) in [6.07, 6.45) is -0.692. The highest BCUT2D eigenvalue weighted by molar-refractivity contribution is 5.45. The lowest BCUT2D eigenvalue weighted by Gasteiger charge is -2.09. The summed E-state index contributed by atoms with van der Waals surface area (Å²) < 4.78 is 38.1. The molecular weight excluding hydrogens is 195 g/mol. The SMILES string of the molecule is C[C@@H](O)CNc1ccc(F)c(F)c1F. The minimum absolute atomic E-state index is 0.0714. The zero-order valence-corrected chi connectivity index (χ0v) is 7.52. The minimum atomic E-state index is -1.51. The number of anilines is 1. The second-order valence-corrected chi connectivity index (χ2v) is 2.95. The Hall–Kier alpha value is -1.23. The van der Waals surface area contributed by atoms with Gasteiger partial charge in [-0.25, -0.2) is 13.2 Å². The minimum Gasteiger partial charge on any atom is -0.392 e. The van der Waals surface area contributed by atoms with Gasteiger partial charge in [-0.1, -0.05) is 0 Å². The van der Waals surface area contributed by atoms with Gasteiger partial charge in [-0.05, 0) is 19.1 Å². The predicted octanol–water partition coefficient (Wildman–Crippen LogP) is 1.90. The number of rotatable bonds is 3. The normalized spacial score (nSPS) is 12.6. The number of hydrogen-bond acceptors (Lipinski definition) is 2. The Labute approximate surface area is 79.4 Å². The fourth-order valence-electron chi connectivity index (χ4n) is 0.920. The molecule has 14 heavy (non-hydrogen) atoms. The monoisotopic (exact) mass is 205 g/mol. The van der Waals surface area contributed by atoms with Crippen LogP contribution in [0, 0.1) is 17.5 Å². The first-order valence-electron chi connectivity index (χ1n) is 4.07. The summed E-state index contributed by atoms with van der Waals surface area (Å²) in [6.45, 7) is 1.56. The van der Waals surface area contributed by atoms with E-state index in [1.165, 1.54) is 6.92 Å². The fraction of sp³-hybridized carbons (Fsp3) is 0.333. The number of halogens is 3. The quantitative estimate of drug-likeness (QED) is 0.738. The van der Waals surface area contributed by atoms with Gasteiger partial charge in [0.2, 0.25) is 0 Å². The van der Waals surface area contributed by atoms with Crippen LogP contribution >= 0.6 is 0 Å². The molecule has 1 atom stereocenters. The van der Waals surface area contributed by atoms with Crippen molar-refractivity contribution < 1.29 is 18.3 Å². The molecule has 0 aromatic heterocycles. The maximum absolute atomic E-state index is 13.0. The van der Waals surface area contributed by atoms with Crippen molar-refractivity contribution in [2.75, 3.05) is 11.9 Å². The zero-order chi connectivity index (χ0) is 10.7. The van der Waals surface area contributed by atoms with Crippen LogP contribution in [0.2, 0.25) is 0 Å². The third-order valence-electron chi connectivity index (χ3n) is 1.62. The van der Waals surface area contributed by atoms with E-state index in [1.807, 2.05) is 0 Å². The van der Waals surface area contributed by atoms with Gasteiger partial charge < -0.3 is 10.4 Å². The first-order valence-corrected chi connectivity index (χ1v) is 4.07. The highest BCUT2D eigenvalue weighted by Crippen LogP contribution is 2.19. The molecule has 0 fully saturated rings. The molecule has 78 valence electrons. The average molecular weight is 205 g/mol. The Morgan fingerprint density at radius 3 is 2.50 bits per heavy atom. The van der Waals surface area contributed by atoms with Gasteiger partial charge in [0.25, 0.3) is 0 Å². The van der Waals surface area contributed by atoms with Crippen molar-refractivity contribution in [3.63, 3.8) is 0 Å². The van der Waals surface area contributed by atoms with Crippen LogP contribution in [0.1, 0.15) is 6.92 Å². The summed E-state index contributed by atoms with van der Waals surface area (Å²) in [5, 5.41) is 11.3. The molecule has 2 N–H and O–H groups in total. The molecule has 0 radical (unpaired) electrons. The largest absolute Gasteiger partial charge is 0.392 e. The van der Waals surface area contributed by atoms with E-state index in [0.29, 0.717) is 0 Å². The number of hydrogen-bond donors (Lipinski definition) is 2.